The zero-order valence-corrected chi connectivity index (χ0v) is 19.1. The predicted octanol–water partition coefficient (Wildman–Crippen LogP) is 1.31. The molecule has 182 valence electrons. The van der Waals surface area contributed by atoms with Gasteiger partial charge in [0.2, 0.25) is 23.0 Å². The monoisotopic (exact) mass is 473 g/mol. The summed E-state index contributed by atoms with van der Waals surface area (Å²) in [4.78, 5) is 29.0. The maximum atomic E-state index is 12.8. The fourth-order valence-corrected chi connectivity index (χ4v) is 3.39. The Bertz CT molecular complexity index is 1190. The predicted molar refractivity (Wildman–Crippen MR) is 121 cm³/mol. The van der Waals surface area contributed by atoms with Crippen molar-refractivity contribution in [1.82, 2.24) is 20.1 Å². The van der Waals surface area contributed by atoms with Crippen molar-refractivity contribution in [3.05, 3.63) is 57.9 Å². The number of aryl methyl sites for hydroxylation is 1. The molecular formula is C22H27N5O7. The Morgan fingerprint density at radius 2 is 2.03 bits per heavy atom. The van der Waals surface area contributed by atoms with E-state index in [-0.39, 0.29) is 42.9 Å². The summed E-state index contributed by atoms with van der Waals surface area (Å²) in [6.07, 6.45) is 1.26. The number of carbonyl (C=O) groups is 1. The van der Waals surface area contributed by atoms with E-state index in [0.29, 0.717) is 23.8 Å². The number of phenols is 1. The molecule has 12 heteroatoms. The fourth-order valence-electron chi connectivity index (χ4n) is 3.39. The van der Waals surface area contributed by atoms with Crippen LogP contribution in [-0.2, 0) is 16.3 Å². The number of hydrogen-bond donors (Lipinski definition) is 4. The van der Waals surface area contributed by atoms with Crippen LogP contribution in [0.3, 0.4) is 0 Å². The van der Waals surface area contributed by atoms with E-state index in [1.165, 1.54) is 36.3 Å². The second-order valence-electron chi connectivity index (χ2n) is 7.40. The Balaban J connectivity index is 1.75. The highest BCUT2D eigenvalue weighted by Crippen LogP contribution is 2.37. The number of nitrogens with one attached hydrogen (secondary N) is 2. The summed E-state index contributed by atoms with van der Waals surface area (Å²) in [7, 11) is 2.94. The van der Waals surface area contributed by atoms with E-state index in [0.717, 1.165) is 0 Å². The average Bonchev–Trinajstić information content (AvgIpc) is 3.25. The first kappa shape index (κ1) is 24.6. The van der Waals surface area contributed by atoms with E-state index >= 15 is 0 Å². The quantitative estimate of drug-likeness (QED) is 0.299. The number of anilines is 1. The Labute approximate surface area is 195 Å². The molecule has 1 amide bonds. The van der Waals surface area contributed by atoms with Crippen LogP contribution >= 0.6 is 0 Å². The van der Waals surface area contributed by atoms with Gasteiger partial charge in [-0.3, -0.25) is 9.59 Å². The lowest BCUT2D eigenvalue weighted by molar-refractivity contribution is -0.121. The highest BCUT2D eigenvalue weighted by molar-refractivity contribution is 5.77. The van der Waals surface area contributed by atoms with Gasteiger partial charge in [0.25, 0.3) is 0 Å². The lowest BCUT2D eigenvalue weighted by atomic mass is 9.91. The summed E-state index contributed by atoms with van der Waals surface area (Å²) >= 11 is 0. The summed E-state index contributed by atoms with van der Waals surface area (Å²) in [5.41, 5.74) is -0.0982. The van der Waals surface area contributed by atoms with Crippen molar-refractivity contribution in [1.29, 1.82) is 0 Å². The van der Waals surface area contributed by atoms with Crippen LogP contribution in [-0.4, -0.2) is 58.2 Å². The standard InChI is InChI=1S/C22H27N5O7/c1-13-8-17(29)20(31)21(34-13)15(14-4-5-16(28)18(9-14)33-3)10-19(30)23-6-7-24-22-25-11-26-27(22)12-32-2/h4-5,8-9,11,15,28,31H,6-7,10,12H2,1-3H3,(H,23,30)(H,24,25,26)/t15-/m0/s1. The zero-order valence-electron chi connectivity index (χ0n) is 19.1. The van der Waals surface area contributed by atoms with Crippen molar-refractivity contribution in [2.24, 2.45) is 0 Å². The summed E-state index contributed by atoms with van der Waals surface area (Å²) in [6.45, 7) is 2.45. The minimum absolute atomic E-state index is 0.0429. The molecule has 12 nitrogen and oxygen atoms in total. The molecule has 4 N–H and O–H groups in total. The molecular weight excluding hydrogens is 446 g/mol. The Morgan fingerprint density at radius 3 is 2.76 bits per heavy atom. The fraction of sp³-hybridized carbons (Fsp3) is 0.364. The minimum atomic E-state index is -0.806. The van der Waals surface area contributed by atoms with E-state index in [4.69, 9.17) is 13.9 Å². The zero-order chi connectivity index (χ0) is 24.7. The second-order valence-corrected chi connectivity index (χ2v) is 7.40. The normalized spacial score (nSPS) is 11.7. The van der Waals surface area contributed by atoms with Crippen LogP contribution in [0, 0.1) is 6.92 Å². The van der Waals surface area contributed by atoms with Crippen molar-refractivity contribution in [2.45, 2.75) is 26.0 Å². The average molecular weight is 473 g/mol. The summed E-state index contributed by atoms with van der Waals surface area (Å²) < 4.78 is 17.4. The van der Waals surface area contributed by atoms with Crippen molar-refractivity contribution in [3.63, 3.8) is 0 Å². The number of aromatic hydroxyl groups is 2. The summed E-state index contributed by atoms with van der Waals surface area (Å²) in [5.74, 6) is -0.887. The molecule has 2 aromatic heterocycles. The van der Waals surface area contributed by atoms with Crippen LogP contribution < -0.4 is 20.8 Å². The Kier molecular flexibility index (Phi) is 8.09. The molecule has 0 radical (unpaired) electrons. The van der Waals surface area contributed by atoms with Crippen LogP contribution in [0.2, 0.25) is 0 Å². The Hall–Kier alpha value is -4.06. The molecule has 0 unspecified atom stereocenters. The van der Waals surface area contributed by atoms with Gasteiger partial charge in [0.1, 0.15) is 18.8 Å². The molecule has 0 fully saturated rings. The first-order valence-corrected chi connectivity index (χ1v) is 10.4. The molecule has 3 rings (SSSR count). The molecule has 2 heterocycles. The molecule has 1 aromatic carbocycles. The third kappa shape index (κ3) is 5.84. The van der Waals surface area contributed by atoms with Crippen molar-refractivity contribution in [3.8, 4) is 17.2 Å². The number of aromatic nitrogens is 3. The second kappa shape index (κ2) is 11.2. The molecule has 0 spiro atoms. The van der Waals surface area contributed by atoms with E-state index in [1.807, 2.05) is 0 Å². The van der Waals surface area contributed by atoms with Crippen molar-refractivity contribution in [2.75, 3.05) is 32.6 Å². The highest BCUT2D eigenvalue weighted by Gasteiger charge is 2.26. The van der Waals surface area contributed by atoms with E-state index in [2.05, 4.69) is 20.7 Å². The van der Waals surface area contributed by atoms with Gasteiger partial charge in [-0.25, -0.2) is 4.68 Å². The van der Waals surface area contributed by atoms with Gasteiger partial charge in [0, 0.05) is 32.7 Å². The van der Waals surface area contributed by atoms with Gasteiger partial charge in [-0.2, -0.15) is 10.1 Å². The number of nitrogens with zero attached hydrogens (tertiary/aromatic N) is 3. The molecule has 1 atom stereocenters. The highest BCUT2D eigenvalue weighted by atomic mass is 16.5. The van der Waals surface area contributed by atoms with Gasteiger partial charge < -0.3 is 34.7 Å². The van der Waals surface area contributed by atoms with Crippen LogP contribution in [0.15, 0.2) is 39.8 Å². The topological polar surface area (TPSA) is 161 Å². The lowest BCUT2D eigenvalue weighted by Crippen LogP contribution is -2.30. The third-order valence-corrected chi connectivity index (χ3v) is 4.98. The van der Waals surface area contributed by atoms with Gasteiger partial charge >= 0.3 is 0 Å². The van der Waals surface area contributed by atoms with Gasteiger partial charge in [0.05, 0.1) is 13.0 Å². The number of methoxy groups -OCH3 is 2. The van der Waals surface area contributed by atoms with E-state index in [9.17, 15) is 19.8 Å². The molecule has 0 saturated carbocycles. The first-order valence-electron chi connectivity index (χ1n) is 10.4. The van der Waals surface area contributed by atoms with Crippen LogP contribution in [0.1, 0.15) is 29.4 Å². The van der Waals surface area contributed by atoms with Crippen LogP contribution in [0.5, 0.6) is 17.2 Å². The SMILES string of the molecule is COCn1ncnc1NCCNC(=O)C[C@@H](c1ccc(O)c(OC)c1)c1oc(C)cc(=O)c1O. The number of hydrogen-bond acceptors (Lipinski definition) is 10. The smallest absolute Gasteiger partial charge is 0.227 e. The molecule has 0 bridgehead atoms. The number of ether oxygens (including phenoxy) is 2. The maximum Gasteiger partial charge on any atom is 0.227 e. The number of carbonyl (C=O) groups excluding carboxylic acids is 1. The number of amides is 1. The van der Waals surface area contributed by atoms with Crippen molar-refractivity contribution >= 4 is 11.9 Å². The van der Waals surface area contributed by atoms with Gasteiger partial charge in [-0.1, -0.05) is 6.07 Å². The van der Waals surface area contributed by atoms with Gasteiger partial charge in [-0.15, -0.1) is 0 Å². The summed E-state index contributed by atoms with van der Waals surface area (Å²) in [5, 5.41) is 30.2. The molecule has 0 aliphatic rings. The number of benzene rings is 1. The van der Waals surface area contributed by atoms with E-state index in [1.54, 1.807) is 20.1 Å². The molecule has 3 aromatic rings. The molecule has 0 aliphatic carbocycles. The maximum absolute atomic E-state index is 12.8. The van der Waals surface area contributed by atoms with E-state index < -0.39 is 17.1 Å². The third-order valence-electron chi connectivity index (χ3n) is 4.98. The molecule has 0 aliphatic heterocycles. The van der Waals surface area contributed by atoms with Gasteiger partial charge in [0.15, 0.2) is 17.3 Å². The first-order chi connectivity index (χ1) is 16.3. The number of rotatable bonds is 11. The van der Waals surface area contributed by atoms with Gasteiger partial charge in [-0.05, 0) is 24.6 Å². The number of phenolic OH excluding ortho intramolecular Hbond substituents is 1. The molecule has 34 heavy (non-hydrogen) atoms. The Morgan fingerprint density at radius 1 is 1.24 bits per heavy atom. The summed E-state index contributed by atoms with van der Waals surface area (Å²) in [6, 6.07) is 5.67. The van der Waals surface area contributed by atoms with Crippen LogP contribution in [0.4, 0.5) is 5.95 Å². The lowest BCUT2D eigenvalue weighted by Gasteiger charge is -2.19. The largest absolute Gasteiger partial charge is 0.504 e. The minimum Gasteiger partial charge on any atom is -0.504 e. The van der Waals surface area contributed by atoms with Crippen LogP contribution in [0.25, 0.3) is 0 Å². The van der Waals surface area contributed by atoms with Crippen molar-refractivity contribution < 1.29 is 28.9 Å². The molecule has 0 saturated heterocycles.